The van der Waals surface area contributed by atoms with Gasteiger partial charge < -0.3 is 39.6 Å². The minimum atomic E-state index is -0.905. The van der Waals surface area contributed by atoms with Crippen LogP contribution in [-0.4, -0.2) is 23.9 Å². The Morgan fingerprint density at radius 1 is 0.176 bits per heavy atom. The molecule has 0 aromatic rings. The maximum atomic E-state index is 10.2. The maximum absolute atomic E-state index is 10.2. The molecule has 0 bridgehead atoms. The summed E-state index contributed by atoms with van der Waals surface area (Å²) in [6, 6.07) is 0. The van der Waals surface area contributed by atoms with Crippen LogP contribution in [-0.2, 0) is 58.1 Å². The molecule has 8 nitrogen and oxygen atoms in total. The summed E-state index contributed by atoms with van der Waals surface area (Å²) in [5.41, 5.74) is 0. The van der Waals surface area contributed by atoms with Crippen molar-refractivity contribution >= 4 is 23.9 Å². The van der Waals surface area contributed by atoms with Crippen molar-refractivity contribution in [2.75, 3.05) is 0 Å². The van der Waals surface area contributed by atoms with E-state index < -0.39 is 23.9 Å². The fraction of sp³-hybridized carbons (Fsp3) is 0.938. The minimum Gasteiger partial charge on any atom is -0.550 e. The monoisotopic (exact) mass is 1150 g/mol. The topological polar surface area (TPSA) is 161 Å². The molecular formula is C64H124O8Zn2. The number of carboxylic acids is 4. The van der Waals surface area contributed by atoms with Crippen molar-refractivity contribution in [2.45, 2.75) is 387 Å². The van der Waals surface area contributed by atoms with E-state index in [9.17, 15) is 39.6 Å². The van der Waals surface area contributed by atoms with E-state index in [-0.39, 0.29) is 64.6 Å². The van der Waals surface area contributed by atoms with Crippen molar-refractivity contribution in [1.29, 1.82) is 0 Å². The molecule has 0 atom stereocenters. The molecule has 10 heteroatoms. The predicted molar refractivity (Wildman–Crippen MR) is 301 cm³/mol. The summed E-state index contributed by atoms with van der Waals surface area (Å²) in [6.45, 7) is 9.03. The SMILES string of the molecule is CCCCCCCCCCCCCCCC(=O)[O-].CCCCCCCCCCCCCCCC(=O)[O-].CCCCCCCCCCCCCCCC(=O)[O-].CCCCCCCCCCCCCCCC(=O)[O-].[Zn+2].[Zn+2]. The summed E-state index contributed by atoms with van der Waals surface area (Å²) in [6.07, 6.45) is 67.7. The number of carboxylic acid groups (broad SMARTS) is 4. The third-order valence-electron chi connectivity index (χ3n) is 13.9. The second-order valence-corrected chi connectivity index (χ2v) is 21.5. The van der Waals surface area contributed by atoms with Gasteiger partial charge in [-0.2, -0.15) is 0 Å². The summed E-state index contributed by atoms with van der Waals surface area (Å²) in [7, 11) is 0. The molecule has 0 N–H and O–H groups in total. The van der Waals surface area contributed by atoms with E-state index in [1.165, 1.54) is 283 Å². The van der Waals surface area contributed by atoms with Crippen molar-refractivity contribution < 1.29 is 78.6 Å². The van der Waals surface area contributed by atoms with Gasteiger partial charge >= 0.3 is 39.0 Å². The van der Waals surface area contributed by atoms with Gasteiger partial charge in [0.1, 0.15) is 0 Å². The maximum Gasteiger partial charge on any atom is 2.00 e. The molecule has 0 aliphatic heterocycles. The van der Waals surface area contributed by atoms with Gasteiger partial charge in [-0.25, -0.2) is 0 Å². The Labute approximate surface area is 486 Å². The number of hydrogen-bond donors (Lipinski definition) is 0. The third kappa shape index (κ3) is 100. The first kappa shape index (κ1) is 84.4. The van der Waals surface area contributed by atoms with Crippen molar-refractivity contribution in [3.8, 4) is 0 Å². The van der Waals surface area contributed by atoms with Crippen LogP contribution in [0, 0.1) is 0 Å². The fourth-order valence-electron chi connectivity index (χ4n) is 9.15. The van der Waals surface area contributed by atoms with Crippen molar-refractivity contribution in [1.82, 2.24) is 0 Å². The first-order valence-electron chi connectivity index (χ1n) is 31.9. The second kappa shape index (κ2) is 81.0. The number of rotatable bonds is 56. The number of carbonyl (C=O) groups is 4. The van der Waals surface area contributed by atoms with E-state index in [1.807, 2.05) is 0 Å². The molecule has 0 heterocycles. The number of unbranched alkanes of at least 4 members (excludes halogenated alkanes) is 48. The molecule has 0 saturated carbocycles. The average Bonchev–Trinajstić information content (AvgIpc) is 3.35. The fourth-order valence-corrected chi connectivity index (χ4v) is 9.15. The van der Waals surface area contributed by atoms with Crippen LogP contribution < -0.4 is 20.4 Å². The summed E-state index contributed by atoms with van der Waals surface area (Å²) in [5, 5.41) is 40.8. The molecule has 74 heavy (non-hydrogen) atoms. The Hall–Kier alpha value is -0.873. The van der Waals surface area contributed by atoms with E-state index in [0.717, 1.165) is 51.4 Å². The second-order valence-electron chi connectivity index (χ2n) is 21.5. The molecule has 0 aromatic heterocycles. The van der Waals surface area contributed by atoms with Crippen molar-refractivity contribution in [3.05, 3.63) is 0 Å². The first-order chi connectivity index (χ1) is 35.1. The van der Waals surface area contributed by atoms with Crippen molar-refractivity contribution in [2.24, 2.45) is 0 Å². The Kier molecular flexibility index (Phi) is 92.4. The van der Waals surface area contributed by atoms with E-state index in [1.54, 1.807) is 0 Å². The number of carbonyl (C=O) groups excluding carboxylic acids is 4. The minimum absolute atomic E-state index is 0. The predicted octanol–water partition coefficient (Wildman–Crippen LogP) is 16.9. The largest absolute Gasteiger partial charge is 2.00 e. The molecule has 0 aliphatic carbocycles. The molecule has 0 amide bonds. The molecule has 0 rings (SSSR count). The summed E-state index contributed by atoms with van der Waals surface area (Å²) in [4.78, 5) is 40.8. The Bertz CT molecular complexity index is 885. The first-order valence-corrected chi connectivity index (χ1v) is 31.9. The smallest absolute Gasteiger partial charge is 0.550 e. The van der Waals surface area contributed by atoms with E-state index in [4.69, 9.17) is 0 Å². The zero-order chi connectivity index (χ0) is 53.9. The van der Waals surface area contributed by atoms with Gasteiger partial charge in [0.25, 0.3) is 0 Å². The van der Waals surface area contributed by atoms with Gasteiger partial charge in [-0.05, 0) is 51.4 Å². The van der Waals surface area contributed by atoms with E-state index >= 15 is 0 Å². The summed E-state index contributed by atoms with van der Waals surface area (Å²) < 4.78 is 0. The molecular weight excluding hydrogens is 1030 g/mol. The molecule has 0 saturated heterocycles. The standard InChI is InChI=1S/4C16H32O2.2Zn/c4*1-2-3-4-5-6-7-8-9-10-11-12-13-14-15-16(17)18;;/h4*2-15H2,1H3,(H,17,18);;/q;;;;2*+2/p-4. The molecule has 0 aliphatic rings. The zero-order valence-corrected chi connectivity index (χ0v) is 56.2. The summed E-state index contributed by atoms with van der Waals surface area (Å²) >= 11 is 0. The number of aliphatic carboxylic acids is 4. The summed E-state index contributed by atoms with van der Waals surface area (Å²) in [5.74, 6) is -3.62. The van der Waals surface area contributed by atoms with Crippen LogP contribution in [0.25, 0.3) is 0 Å². The molecule has 0 spiro atoms. The Morgan fingerprint density at radius 2 is 0.257 bits per heavy atom. The molecule has 0 unspecified atom stereocenters. The van der Waals surface area contributed by atoms with Crippen LogP contribution in [0.4, 0.5) is 0 Å². The Balaban J connectivity index is -0.000000206. The molecule has 0 radical (unpaired) electrons. The van der Waals surface area contributed by atoms with Gasteiger partial charge in [-0.15, -0.1) is 0 Å². The van der Waals surface area contributed by atoms with Gasteiger partial charge in [0, 0.05) is 23.9 Å². The third-order valence-corrected chi connectivity index (χ3v) is 13.9. The zero-order valence-electron chi connectivity index (χ0n) is 50.3. The average molecular weight is 1150 g/mol. The molecule has 432 valence electrons. The van der Waals surface area contributed by atoms with E-state index in [0.29, 0.717) is 0 Å². The van der Waals surface area contributed by atoms with Gasteiger partial charge in [0.2, 0.25) is 0 Å². The molecule has 0 aromatic carbocycles. The number of hydrogen-bond acceptors (Lipinski definition) is 8. The van der Waals surface area contributed by atoms with Gasteiger partial charge in [0.15, 0.2) is 0 Å². The van der Waals surface area contributed by atoms with Gasteiger partial charge in [0.05, 0.1) is 0 Å². The molecule has 0 fully saturated rings. The van der Waals surface area contributed by atoms with Crippen molar-refractivity contribution in [3.63, 3.8) is 0 Å². The van der Waals surface area contributed by atoms with Crippen LogP contribution in [0.5, 0.6) is 0 Å². The van der Waals surface area contributed by atoms with E-state index in [2.05, 4.69) is 27.7 Å². The van der Waals surface area contributed by atoms with Gasteiger partial charge in [-0.1, -0.05) is 336 Å². The van der Waals surface area contributed by atoms with Crippen LogP contribution in [0.3, 0.4) is 0 Å². The van der Waals surface area contributed by atoms with Crippen LogP contribution in [0.2, 0.25) is 0 Å². The van der Waals surface area contributed by atoms with Gasteiger partial charge in [-0.3, -0.25) is 0 Å². The van der Waals surface area contributed by atoms with Crippen LogP contribution >= 0.6 is 0 Å². The normalized spacial score (nSPS) is 10.4. The Morgan fingerprint density at radius 3 is 0.338 bits per heavy atom. The quantitative estimate of drug-likeness (QED) is 0.0430. The van der Waals surface area contributed by atoms with Crippen LogP contribution in [0.15, 0.2) is 0 Å². The van der Waals surface area contributed by atoms with Crippen LogP contribution in [0.1, 0.15) is 387 Å².